The molecule has 0 heterocycles. The van der Waals surface area contributed by atoms with Crippen LogP contribution in [0, 0.1) is 39.3 Å². The van der Waals surface area contributed by atoms with Gasteiger partial charge in [0.05, 0.1) is 0 Å². The van der Waals surface area contributed by atoms with Crippen molar-refractivity contribution < 1.29 is 8.78 Å². The van der Waals surface area contributed by atoms with Crippen LogP contribution in [0.15, 0.2) is 48.5 Å². The minimum absolute atomic E-state index is 0.0991. The van der Waals surface area contributed by atoms with Gasteiger partial charge in [0, 0.05) is 5.02 Å². The first kappa shape index (κ1) is 32.8. The van der Waals surface area contributed by atoms with Gasteiger partial charge in [0.25, 0.3) is 0 Å². The van der Waals surface area contributed by atoms with Crippen LogP contribution in [-0.4, -0.2) is 0 Å². The van der Waals surface area contributed by atoms with Crippen LogP contribution in [0.3, 0.4) is 0 Å². The summed E-state index contributed by atoms with van der Waals surface area (Å²) in [7, 11) is 0. The first-order valence-corrected chi connectivity index (χ1v) is 13.3. The molecular weight excluding hydrogens is 482 g/mol. The molecule has 3 rings (SSSR count). The summed E-state index contributed by atoms with van der Waals surface area (Å²) in [5, 5.41) is 0.820. The molecule has 0 atom stereocenters. The van der Waals surface area contributed by atoms with Gasteiger partial charge in [0.15, 0.2) is 0 Å². The summed E-state index contributed by atoms with van der Waals surface area (Å²) < 4.78 is 25.7. The molecule has 0 saturated heterocycles. The van der Waals surface area contributed by atoms with Crippen LogP contribution in [0.25, 0.3) is 0 Å². The molecule has 0 radical (unpaired) electrons. The van der Waals surface area contributed by atoms with Gasteiger partial charge >= 0.3 is 0 Å². The summed E-state index contributed by atoms with van der Waals surface area (Å²) in [6.07, 6.45) is 0. The maximum Gasteiger partial charge on any atom is 0.123 e. The SMILES string of the molecule is Cc1cc(Cl)ccc1C(C)(C)C.Cc1cc(F)cc(C)c1C(C)(C)C.Cc1cc(F)ccc1C(C)(C)C. The van der Waals surface area contributed by atoms with Crippen molar-refractivity contribution in [2.75, 3.05) is 0 Å². The molecule has 0 nitrogen and oxygen atoms in total. The van der Waals surface area contributed by atoms with Crippen molar-refractivity contribution in [1.82, 2.24) is 0 Å². The van der Waals surface area contributed by atoms with Gasteiger partial charge in [-0.3, -0.25) is 0 Å². The van der Waals surface area contributed by atoms with Gasteiger partial charge < -0.3 is 0 Å². The van der Waals surface area contributed by atoms with Crippen molar-refractivity contribution in [3.8, 4) is 0 Å². The van der Waals surface area contributed by atoms with Gasteiger partial charge in [-0.2, -0.15) is 0 Å². The van der Waals surface area contributed by atoms with E-state index < -0.39 is 0 Å². The molecule has 3 aromatic carbocycles. The molecule has 0 aliphatic heterocycles. The third kappa shape index (κ3) is 10.2. The van der Waals surface area contributed by atoms with Crippen molar-refractivity contribution in [2.24, 2.45) is 0 Å². The molecule has 0 aliphatic rings. The Bertz CT molecular complexity index is 1100. The zero-order valence-electron chi connectivity index (χ0n) is 25.3. The van der Waals surface area contributed by atoms with Crippen LogP contribution in [0.5, 0.6) is 0 Å². The van der Waals surface area contributed by atoms with Gasteiger partial charge in [-0.1, -0.05) is 86.0 Å². The average molecular weight is 529 g/mol. The van der Waals surface area contributed by atoms with E-state index in [-0.39, 0.29) is 27.9 Å². The van der Waals surface area contributed by atoms with E-state index in [0.29, 0.717) is 0 Å². The molecule has 3 heteroatoms. The van der Waals surface area contributed by atoms with E-state index in [1.54, 1.807) is 18.2 Å². The Morgan fingerprint density at radius 2 is 0.865 bits per heavy atom. The summed E-state index contributed by atoms with van der Waals surface area (Å²) in [5.41, 5.74) is 8.66. The van der Waals surface area contributed by atoms with Crippen LogP contribution < -0.4 is 0 Å². The third-order valence-corrected chi connectivity index (χ3v) is 6.48. The zero-order valence-corrected chi connectivity index (χ0v) is 26.0. The second kappa shape index (κ2) is 12.6. The lowest BCUT2D eigenvalue weighted by Gasteiger charge is -2.24. The molecule has 0 fully saturated rings. The Hall–Kier alpha value is -2.19. The van der Waals surface area contributed by atoms with E-state index in [1.165, 1.54) is 28.3 Å². The molecule has 204 valence electrons. The minimum Gasteiger partial charge on any atom is -0.207 e. The number of hydrogen-bond donors (Lipinski definition) is 0. The molecule has 0 spiro atoms. The number of aryl methyl sites for hydroxylation is 4. The Kier molecular flexibility index (Phi) is 11.2. The van der Waals surface area contributed by atoms with Crippen LogP contribution in [-0.2, 0) is 16.2 Å². The topological polar surface area (TPSA) is 0 Å². The fourth-order valence-electron chi connectivity index (χ4n) is 5.03. The quantitative estimate of drug-likeness (QED) is 0.272. The van der Waals surface area contributed by atoms with Crippen molar-refractivity contribution in [3.05, 3.63) is 104 Å². The molecule has 0 N–H and O–H groups in total. The smallest absolute Gasteiger partial charge is 0.123 e. The maximum absolute atomic E-state index is 13.0. The predicted molar refractivity (Wildman–Crippen MR) is 159 cm³/mol. The zero-order chi connectivity index (χ0) is 28.9. The van der Waals surface area contributed by atoms with Crippen molar-refractivity contribution in [2.45, 2.75) is 106 Å². The highest BCUT2D eigenvalue weighted by Gasteiger charge is 2.19. The van der Waals surface area contributed by atoms with E-state index in [0.717, 1.165) is 21.7 Å². The van der Waals surface area contributed by atoms with Crippen molar-refractivity contribution in [3.63, 3.8) is 0 Å². The second-order valence-electron chi connectivity index (χ2n) is 13.1. The van der Waals surface area contributed by atoms with E-state index in [4.69, 9.17) is 11.6 Å². The standard InChI is InChI=1S/C12H17F.C11H15Cl.C11H15F/c1-8-6-10(13)7-9(2)11(8)12(3,4)5;2*1-8-7-9(12)5-6-10(8)11(2,3)4/h6-7H,1-5H3;2*5-7H,1-4H3. The summed E-state index contributed by atoms with van der Waals surface area (Å²) in [6, 6.07) is 14.3. The summed E-state index contributed by atoms with van der Waals surface area (Å²) in [4.78, 5) is 0. The monoisotopic (exact) mass is 528 g/mol. The highest BCUT2D eigenvalue weighted by atomic mass is 35.5. The van der Waals surface area contributed by atoms with E-state index in [1.807, 2.05) is 39.0 Å². The van der Waals surface area contributed by atoms with Gasteiger partial charge in [-0.25, -0.2) is 8.78 Å². The van der Waals surface area contributed by atoms with E-state index in [9.17, 15) is 8.78 Å². The highest BCUT2D eigenvalue weighted by Crippen LogP contribution is 2.30. The summed E-state index contributed by atoms with van der Waals surface area (Å²) in [6.45, 7) is 27.5. The molecule has 0 aliphatic carbocycles. The van der Waals surface area contributed by atoms with Gasteiger partial charge in [0.2, 0.25) is 0 Å². The first-order chi connectivity index (χ1) is 16.6. The van der Waals surface area contributed by atoms with Crippen molar-refractivity contribution >= 4 is 11.6 Å². The Morgan fingerprint density at radius 1 is 0.486 bits per heavy atom. The van der Waals surface area contributed by atoms with Gasteiger partial charge in [0.1, 0.15) is 11.6 Å². The number of hydrogen-bond acceptors (Lipinski definition) is 0. The molecule has 3 aromatic rings. The third-order valence-electron chi connectivity index (χ3n) is 6.24. The first-order valence-electron chi connectivity index (χ1n) is 12.9. The fraction of sp³-hybridized carbons (Fsp3) is 0.471. The maximum atomic E-state index is 13.0. The predicted octanol–water partition coefficient (Wildman–Crippen LogP) is 11.1. The van der Waals surface area contributed by atoms with Crippen LogP contribution in [0.2, 0.25) is 5.02 Å². The molecule has 0 amide bonds. The molecule has 0 saturated carbocycles. The lowest BCUT2D eigenvalue weighted by atomic mass is 9.81. The number of halogens is 3. The Balaban J connectivity index is 0.000000278. The molecule has 0 bridgehead atoms. The lowest BCUT2D eigenvalue weighted by Crippen LogP contribution is -2.15. The summed E-state index contributed by atoms with van der Waals surface area (Å²) in [5.74, 6) is -0.288. The Labute approximate surface area is 230 Å². The van der Waals surface area contributed by atoms with Crippen LogP contribution in [0.1, 0.15) is 101 Å². The molecular formula is C34H47ClF2. The molecule has 0 aromatic heterocycles. The summed E-state index contributed by atoms with van der Waals surface area (Å²) >= 11 is 5.87. The molecule has 0 unspecified atom stereocenters. The normalized spacial score (nSPS) is 11.8. The lowest BCUT2D eigenvalue weighted by molar-refractivity contribution is 0.573. The van der Waals surface area contributed by atoms with Crippen LogP contribution >= 0.6 is 11.6 Å². The fourth-order valence-corrected chi connectivity index (χ4v) is 5.26. The number of benzene rings is 3. The minimum atomic E-state index is -0.152. The number of rotatable bonds is 0. The largest absolute Gasteiger partial charge is 0.207 e. The van der Waals surface area contributed by atoms with E-state index >= 15 is 0 Å². The van der Waals surface area contributed by atoms with Gasteiger partial charge in [-0.15, -0.1) is 0 Å². The molecule has 37 heavy (non-hydrogen) atoms. The van der Waals surface area contributed by atoms with Gasteiger partial charge in [-0.05, 0) is 119 Å². The average Bonchev–Trinajstić information content (AvgIpc) is 2.64. The van der Waals surface area contributed by atoms with Crippen molar-refractivity contribution in [1.29, 1.82) is 0 Å². The van der Waals surface area contributed by atoms with E-state index in [2.05, 4.69) is 75.3 Å². The second-order valence-corrected chi connectivity index (χ2v) is 13.5. The van der Waals surface area contributed by atoms with Crippen LogP contribution in [0.4, 0.5) is 8.78 Å². The Morgan fingerprint density at radius 3 is 1.22 bits per heavy atom. The highest BCUT2D eigenvalue weighted by molar-refractivity contribution is 6.30.